The van der Waals surface area contributed by atoms with Crippen LogP contribution in [0.25, 0.3) is 0 Å². The van der Waals surface area contributed by atoms with Gasteiger partial charge in [0.2, 0.25) is 0 Å². The Balaban J connectivity index is 1.60. The van der Waals surface area contributed by atoms with E-state index in [1.807, 2.05) is 0 Å². The molecule has 2 unspecified atom stereocenters. The summed E-state index contributed by atoms with van der Waals surface area (Å²) in [6, 6.07) is -1.98. The summed E-state index contributed by atoms with van der Waals surface area (Å²) in [6.07, 6.45) is -1.08. The molecule has 0 saturated carbocycles. The predicted octanol–water partition coefficient (Wildman–Crippen LogP) is -0.220. The number of halogens is 1. The normalized spacial score (nSPS) is 60.3. The van der Waals surface area contributed by atoms with Gasteiger partial charge in [-0.05, 0) is 0 Å². The molecule has 4 nitrogen and oxygen atoms in total. The van der Waals surface area contributed by atoms with E-state index in [2.05, 4.69) is 0 Å². The highest BCUT2D eigenvalue weighted by molar-refractivity contribution is 4.90. The summed E-state index contributed by atoms with van der Waals surface area (Å²) in [5, 5.41) is 0. The van der Waals surface area contributed by atoms with Gasteiger partial charge in [0.05, 0.1) is 13.2 Å². The molecule has 0 amide bonds. The highest BCUT2D eigenvalue weighted by Gasteiger charge is 2.63. The molecule has 0 aromatic carbocycles. The molecule has 0 radical (unpaired) electrons. The van der Waals surface area contributed by atoms with Crippen molar-refractivity contribution in [1.29, 1.82) is 0 Å². The Morgan fingerprint density at radius 2 is 1.82 bits per heavy atom. The molecule has 2 atom stereocenters. The van der Waals surface area contributed by atoms with Crippen LogP contribution in [0.3, 0.4) is 0 Å². The third kappa shape index (κ3) is 0.888. The zero-order chi connectivity index (χ0) is 7.47. The molecular formula is C6H7FO4. The molecule has 3 aliphatic heterocycles. The molecule has 3 fully saturated rings. The highest BCUT2D eigenvalue weighted by Crippen LogP contribution is 2.43. The molecule has 0 aliphatic carbocycles. The predicted molar refractivity (Wildman–Crippen MR) is 29.3 cm³/mol. The average Bonchev–Trinajstić information content (AvgIpc) is 2.73. The summed E-state index contributed by atoms with van der Waals surface area (Å²) in [4.78, 5) is 0. The van der Waals surface area contributed by atoms with Gasteiger partial charge in [0.1, 0.15) is 6.10 Å². The summed E-state index contributed by atoms with van der Waals surface area (Å²) in [5.74, 6) is 0. The quantitative estimate of drug-likeness (QED) is 0.526. The molecule has 5 heteroatoms. The number of hydrogen-bond donors (Lipinski definition) is 0. The molecule has 62 valence electrons. The third-order valence-corrected chi connectivity index (χ3v) is 1.93. The number of ether oxygens (including phenoxy) is 4. The summed E-state index contributed by atoms with van der Waals surface area (Å²) in [7, 11) is 0. The van der Waals surface area contributed by atoms with Gasteiger partial charge >= 0.3 is 6.04 Å². The van der Waals surface area contributed by atoms with E-state index >= 15 is 0 Å². The van der Waals surface area contributed by atoms with Crippen molar-refractivity contribution in [1.82, 2.24) is 0 Å². The number of hydrogen-bond acceptors (Lipinski definition) is 4. The lowest BCUT2D eigenvalue weighted by Crippen LogP contribution is -2.56. The summed E-state index contributed by atoms with van der Waals surface area (Å²) >= 11 is 0. The van der Waals surface area contributed by atoms with Crippen LogP contribution in [0.2, 0.25) is 0 Å². The van der Waals surface area contributed by atoms with Crippen LogP contribution in [0.5, 0.6) is 0 Å². The molecule has 3 saturated heterocycles. The zero-order valence-electron chi connectivity index (χ0n) is 5.66. The lowest BCUT2D eigenvalue weighted by molar-refractivity contribution is -0.510. The fourth-order valence-electron chi connectivity index (χ4n) is 1.09. The van der Waals surface area contributed by atoms with Gasteiger partial charge in [-0.3, -0.25) is 9.47 Å². The number of rotatable bonds is 2. The van der Waals surface area contributed by atoms with Crippen LogP contribution < -0.4 is 0 Å². The van der Waals surface area contributed by atoms with Crippen molar-refractivity contribution in [3.05, 3.63) is 0 Å². The molecular weight excluding hydrogens is 155 g/mol. The first-order valence-corrected chi connectivity index (χ1v) is 3.56. The van der Waals surface area contributed by atoms with E-state index in [0.717, 1.165) is 0 Å². The first kappa shape index (κ1) is 6.30. The Bertz CT molecular complexity index is 183. The van der Waals surface area contributed by atoms with Gasteiger partial charge in [-0.15, -0.1) is 0 Å². The second-order valence-electron chi connectivity index (χ2n) is 2.88. The summed E-state index contributed by atoms with van der Waals surface area (Å²) < 4.78 is 32.3. The largest absolute Gasteiger partial charge is 0.368 e. The zero-order valence-corrected chi connectivity index (χ0v) is 5.66. The standard InChI is InChI=1S/C6H7FO4/c7-6(4-2-9-4)10-5(11-6)3-1-8-3/h3-5H,1-2H2. The van der Waals surface area contributed by atoms with E-state index in [1.165, 1.54) is 0 Å². The van der Waals surface area contributed by atoms with Crippen LogP contribution in [0.15, 0.2) is 0 Å². The van der Waals surface area contributed by atoms with E-state index < -0.39 is 18.4 Å². The third-order valence-electron chi connectivity index (χ3n) is 1.93. The maximum absolute atomic E-state index is 13.1. The van der Waals surface area contributed by atoms with Crippen molar-refractivity contribution >= 4 is 0 Å². The van der Waals surface area contributed by atoms with Crippen LogP contribution in [-0.2, 0) is 18.9 Å². The van der Waals surface area contributed by atoms with Crippen LogP contribution in [0.4, 0.5) is 4.39 Å². The van der Waals surface area contributed by atoms with Gasteiger partial charge in [-0.2, -0.15) is 4.39 Å². The van der Waals surface area contributed by atoms with Gasteiger partial charge in [0.25, 0.3) is 0 Å². The molecule has 11 heavy (non-hydrogen) atoms. The van der Waals surface area contributed by atoms with E-state index in [9.17, 15) is 4.39 Å². The fraction of sp³-hybridized carbons (Fsp3) is 1.00. The van der Waals surface area contributed by atoms with Crippen LogP contribution in [-0.4, -0.2) is 37.8 Å². The summed E-state index contributed by atoms with van der Waals surface area (Å²) in [5.41, 5.74) is 0. The Morgan fingerprint density at radius 3 is 2.27 bits per heavy atom. The maximum Gasteiger partial charge on any atom is 0.354 e. The smallest absolute Gasteiger partial charge is 0.354 e. The Morgan fingerprint density at radius 1 is 1.18 bits per heavy atom. The second-order valence-corrected chi connectivity index (χ2v) is 2.88. The fourth-order valence-corrected chi connectivity index (χ4v) is 1.09. The maximum atomic E-state index is 13.1. The van der Waals surface area contributed by atoms with Crippen molar-refractivity contribution in [2.45, 2.75) is 24.5 Å². The first-order chi connectivity index (χ1) is 5.28. The molecule has 0 spiro atoms. The molecule has 3 rings (SSSR count). The molecule has 0 bridgehead atoms. The van der Waals surface area contributed by atoms with E-state index in [4.69, 9.17) is 18.9 Å². The number of alkyl halides is 1. The van der Waals surface area contributed by atoms with E-state index in [-0.39, 0.29) is 6.10 Å². The monoisotopic (exact) mass is 162 g/mol. The lowest BCUT2D eigenvalue weighted by Gasteiger charge is -2.39. The van der Waals surface area contributed by atoms with Crippen molar-refractivity contribution in [2.75, 3.05) is 13.2 Å². The first-order valence-electron chi connectivity index (χ1n) is 3.56. The van der Waals surface area contributed by atoms with Gasteiger partial charge in [-0.25, -0.2) is 0 Å². The number of epoxide rings is 2. The van der Waals surface area contributed by atoms with Crippen molar-refractivity contribution in [3.63, 3.8) is 0 Å². The van der Waals surface area contributed by atoms with E-state index in [1.54, 1.807) is 0 Å². The van der Waals surface area contributed by atoms with E-state index in [0.29, 0.717) is 13.2 Å². The molecule has 0 aromatic heterocycles. The van der Waals surface area contributed by atoms with Crippen LogP contribution >= 0.6 is 0 Å². The molecule has 0 aromatic rings. The Kier molecular flexibility index (Phi) is 0.998. The minimum Gasteiger partial charge on any atom is -0.368 e. The minimum absolute atomic E-state index is 0.0578. The highest BCUT2D eigenvalue weighted by atomic mass is 19.2. The van der Waals surface area contributed by atoms with Gasteiger partial charge < -0.3 is 9.47 Å². The van der Waals surface area contributed by atoms with Crippen LogP contribution in [0.1, 0.15) is 0 Å². The average molecular weight is 162 g/mol. The van der Waals surface area contributed by atoms with Gasteiger partial charge in [0.15, 0.2) is 12.4 Å². The Labute approximate surface area is 62.2 Å². The van der Waals surface area contributed by atoms with Gasteiger partial charge in [-0.1, -0.05) is 0 Å². The Hall–Kier alpha value is -0.230. The molecule has 0 N–H and O–H groups in total. The van der Waals surface area contributed by atoms with Gasteiger partial charge in [0, 0.05) is 0 Å². The topological polar surface area (TPSA) is 43.5 Å². The second kappa shape index (κ2) is 1.74. The SMILES string of the molecule is FC1(C2CO2)OC(C2CO2)O1. The lowest BCUT2D eigenvalue weighted by atomic mass is 10.3. The minimum atomic E-state index is -1.98. The van der Waals surface area contributed by atoms with Crippen molar-refractivity contribution in [3.8, 4) is 0 Å². The molecule has 3 heterocycles. The van der Waals surface area contributed by atoms with Crippen molar-refractivity contribution < 1.29 is 23.3 Å². The van der Waals surface area contributed by atoms with Crippen molar-refractivity contribution in [2.24, 2.45) is 0 Å². The molecule has 3 aliphatic rings. The summed E-state index contributed by atoms with van der Waals surface area (Å²) in [6.45, 7) is 0.987. The van der Waals surface area contributed by atoms with Crippen LogP contribution in [0, 0.1) is 0 Å².